The summed E-state index contributed by atoms with van der Waals surface area (Å²) in [5, 5.41) is 2.65. The Bertz CT molecular complexity index is 684. The van der Waals surface area contributed by atoms with Gasteiger partial charge in [0.1, 0.15) is 11.8 Å². The molecule has 0 unspecified atom stereocenters. The fourth-order valence-corrected chi connectivity index (χ4v) is 3.13. The van der Waals surface area contributed by atoms with Crippen LogP contribution in [-0.4, -0.2) is 30.8 Å². The predicted octanol–water partition coefficient (Wildman–Crippen LogP) is 2.67. The number of nitrogens with one attached hydrogen (secondary N) is 1. The quantitative estimate of drug-likeness (QED) is 0.855. The smallest absolute Gasteiger partial charge is 0.328 e. The molecule has 6 nitrogen and oxygen atoms in total. The lowest BCUT2D eigenvalue weighted by Crippen LogP contribution is -2.45. The number of hydrogen-bond donors (Lipinski definition) is 1. The van der Waals surface area contributed by atoms with Crippen molar-refractivity contribution in [3.05, 3.63) is 22.6 Å². The largest absolute Gasteiger partial charge is 0.467 e. The molecule has 1 amide bonds. The molecule has 132 valence electrons. The van der Waals surface area contributed by atoms with Gasteiger partial charge >= 0.3 is 5.97 Å². The Hall–Kier alpha value is -2.11. The summed E-state index contributed by atoms with van der Waals surface area (Å²) in [6, 6.07) is -0.767. The summed E-state index contributed by atoms with van der Waals surface area (Å²) in [6.07, 6.45) is 1.03. The minimum Gasteiger partial charge on any atom is -0.467 e. The first kappa shape index (κ1) is 18.2. The Balaban J connectivity index is 2.32. The third-order valence-corrected chi connectivity index (χ3v) is 4.39. The molecule has 6 heteroatoms. The van der Waals surface area contributed by atoms with Crippen molar-refractivity contribution in [1.82, 2.24) is 5.32 Å². The van der Waals surface area contributed by atoms with E-state index in [0.717, 1.165) is 0 Å². The van der Waals surface area contributed by atoms with Gasteiger partial charge in [0.2, 0.25) is 0 Å². The zero-order valence-corrected chi connectivity index (χ0v) is 15.1. The molecule has 1 heterocycles. The summed E-state index contributed by atoms with van der Waals surface area (Å²) in [5.41, 5.74) is 0.864. The van der Waals surface area contributed by atoms with Crippen LogP contribution in [-0.2, 0) is 16.0 Å². The Morgan fingerprint density at radius 2 is 1.88 bits per heavy atom. The first-order valence-corrected chi connectivity index (χ1v) is 8.11. The van der Waals surface area contributed by atoms with Gasteiger partial charge in [0.15, 0.2) is 11.5 Å². The highest BCUT2D eigenvalue weighted by molar-refractivity contribution is 6.04. The van der Waals surface area contributed by atoms with Gasteiger partial charge in [-0.3, -0.25) is 9.59 Å². The van der Waals surface area contributed by atoms with Gasteiger partial charge in [-0.05, 0) is 18.3 Å². The number of esters is 1. The van der Waals surface area contributed by atoms with Gasteiger partial charge in [0.05, 0.1) is 12.7 Å². The van der Waals surface area contributed by atoms with Crippen LogP contribution >= 0.6 is 0 Å². The van der Waals surface area contributed by atoms with E-state index in [2.05, 4.69) is 5.32 Å². The zero-order valence-electron chi connectivity index (χ0n) is 15.1. The molecule has 0 saturated heterocycles. The lowest BCUT2D eigenvalue weighted by atomic mass is 9.76. The molecule has 1 N–H and O–H groups in total. The average Bonchev–Trinajstić information content (AvgIpc) is 2.78. The summed E-state index contributed by atoms with van der Waals surface area (Å²) in [4.78, 5) is 36.8. The Kier molecular flexibility index (Phi) is 4.87. The molecule has 1 aliphatic carbocycles. The van der Waals surface area contributed by atoms with Crippen LogP contribution in [0.15, 0.2) is 4.42 Å². The molecule has 1 aliphatic rings. The summed E-state index contributed by atoms with van der Waals surface area (Å²) < 4.78 is 10.4. The summed E-state index contributed by atoms with van der Waals surface area (Å²) in [7, 11) is 1.28. The number of Topliss-reactive ketones (excluding diaryl/α,β-unsaturated/α-hetero) is 1. The topological polar surface area (TPSA) is 85.6 Å². The zero-order chi connectivity index (χ0) is 18.2. The molecule has 0 radical (unpaired) electrons. The summed E-state index contributed by atoms with van der Waals surface area (Å²) >= 11 is 0. The van der Waals surface area contributed by atoms with E-state index in [0.29, 0.717) is 29.7 Å². The van der Waals surface area contributed by atoms with E-state index in [-0.39, 0.29) is 22.9 Å². The van der Waals surface area contributed by atoms with Gasteiger partial charge in [-0.25, -0.2) is 4.79 Å². The molecule has 0 aromatic carbocycles. The fourth-order valence-electron chi connectivity index (χ4n) is 3.13. The van der Waals surface area contributed by atoms with Crippen molar-refractivity contribution in [1.29, 1.82) is 0 Å². The lowest BCUT2D eigenvalue weighted by molar-refractivity contribution is -0.144. The summed E-state index contributed by atoms with van der Waals surface area (Å²) in [6.45, 7) is 9.33. The van der Waals surface area contributed by atoms with Gasteiger partial charge in [-0.2, -0.15) is 0 Å². The van der Waals surface area contributed by atoms with Gasteiger partial charge in [0, 0.05) is 18.4 Å². The highest BCUT2D eigenvalue weighted by Crippen LogP contribution is 2.38. The molecule has 0 fully saturated rings. The molecule has 0 saturated carbocycles. The second-order valence-corrected chi connectivity index (χ2v) is 7.51. The summed E-state index contributed by atoms with van der Waals surface area (Å²) in [5.74, 6) is -0.499. The minimum atomic E-state index is -0.767. The molecule has 0 spiro atoms. The number of ether oxygens (including phenoxy) is 1. The maximum absolute atomic E-state index is 12.6. The standard InChI is InChI=1S/C18H25NO5/c1-9(2)14(17(22)23-6)19-16(21)15-10(3)13-11(20)7-18(4,5)8-12(13)24-15/h9,14H,7-8H2,1-6H3,(H,19,21)/t14-/m0/s1. The number of amides is 1. The van der Waals surface area contributed by atoms with Crippen molar-refractivity contribution in [2.75, 3.05) is 7.11 Å². The predicted molar refractivity (Wildman–Crippen MR) is 88.0 cm³/mol. The number of hydrogen-bond acceptors (Lipinski definition) is 5. The third kappa shape index (κ3) is 3.37. The van der Waals surface area contributed by atoms with Crippen LogP contribution in [0.1, 0.15) is 66.4 Å². The van der Waals surface area contributed by atoms with Gasteiger partial charge in [0.25, 0.3) is 5.91 Å². The van der Waals surface area contributed by atoms with E-state index in [1.807, 2.05) is 27.7 Å². The second kappa shape index (κ2) is 6.42. The number of furan rings is 1. The molecular weight excluding hydrogens is 310 g/mol. The molecular formula is C18H25NO5. The number of carbonyl (C=O) groups excluding carboxylic acids is 3. The average molecular weight is 335 g/mol. The molecule has 24 heavy (non-hydrogen) atoms. The maximum atomic E-state index is 12.6. The number of ketones is 1. The lowest BCUT2D eigenvalue weighted by Gasteiger charge is -2.27. The van der Waals surface area contributed by atoms with Crippen molar-refractivity contribution in [3.63, 3.8) is 0 Å². The Labute approximate surface area is 141 Å². The van der Waals surface area contributed by atoms with Gasteiger partial charge in [-0.15, -0.1) is 0 Å². The van der Waals surface area contributed by atoms with E-state index in [4.69, 9.17) is 9.15 Å². The number of rotatable bonds is 4. The van der Waals surface area contributed by atoms with Crippen LogP contribution in [0.5, 0.6) is 0 Å². The van der Waals surface area contributed by atoms with Gasteiger partial charge < -0.3 is 14.5 Å². The highest BCUT2D eigenvalue weighted by atomic mass is 16.5. The van der Waals surface area contributed by atoms with Crippen molar-refractivity contribution < 1.29 is 23.5 Å². The molecule has 1 atom stereocenters. The minimum absolute atomic E-state index is 0.00470. The van der Waals surface area contributed by atoms with E-state index in [1.54, 1.807) is 6.92 Å². The molecule has 0 aliphatic heterocycles. The maximum Gasteiger partial charge on any atom is 0.328 e. The highest BCUT2D eigenvalue weighted by Gasteiger charge is 2.37. The first-order chi connectivity index (χ1) is 11.1. The fraction of sp³-hybridized carbons (Fsp3) is 0.611. The number of fused-ring (bicyclic) bond motifs is 1. The van der Waals surface area contributed by atoms with Crippen molar-refractivity contribution in [2.24, 2.45) is 11.3 Å². The number of carbonyl (C=O) groups is 3. The van der Waals surface area contributed by atoms with Crippen molar-refractivity contribution in [2.45, 2.75) is 53.5 Å². The van der Waals surface area contributed by atoms with E-state index >= 15 is 0 Å². The van der Waals surface area contributed by atoms with E-state index in [9.17, 15) is 14.4 Å². The molecule has 1 aromatic heterocycles. The Morgan fingerprint density at radius 1 is 1.25 bits per heavy atom. The van der Waals surface area contributed by atoms with Crippen LogP contribution in [0.3, 0.4) is 0 Å². The van der Waals surface area contributed by atoms with Gasteiger partial charge in [-0.1, -0.05) is 27.7 Å². The first-order valence-electron chi connectivity index (χ1n) is 8.11. The molecule has 0 bridgehead atoms. The van der Waals surface area contributed by atoms with E-state index < -0.39 is 17.9 Å². The second-order valence-electron chi connectivity index (χ2n) is 7.51. The van der Waals surface area contributed by atoms with Crippen molar-refractivity contribution in [3.8, 4) is 0 Å². The Morgan fingerprint density at radius 3 is 2.42 bits per heavy atom. The molecule has 2 rings (SSSR count). The third-order valence-electron chi connectivity index (χ3n) is 4.39. The SMILES string of the molecule is COC(=O)[C@@H](NC(=O)c1oc2c(c1C)C(=O)CC(C)(C)C2)C(C)C. The van der Waals surface area contributed by atoms with Crippen LogP contribution < -0.4 is 5.32 Å². The van der Waals surface area contributed by atoms with Crippen molar-refractivity contribution >= 4 is 17.7 Å². The van der Waals surface area contributed by atoms with Crippen LogP contribution in [0, 0.1) is 18.3 Å². The van der Waals surface area contributed by atoms with Crippen LogP contribution in [0.25, 0.3) is 0 Å². The van der Waals surface area contributed by atoms with E-state index in [1.165, 1.54) is 7.11 Å². The normalized spacial score (nSPS) is 17.4. The number of methoxy groups -OCH3 is 1. The molecule has 1 aromatic rings. The monoisotopic (exact) mass is 335 g/mol. The van der Waals surface area contributed by atoms with Crippen LogP contribution in [0.4, 0.5) is 0 Å². The van der Waals surface area contributed by atoms with Crippen LogP contribution in [0.2, 0.25) is 0 Å².